The van der Waals surface area contributed by atoms with Gasteiger partial charge in [0.25, 0.3) is 0 Å². The van der Waals surface area contributed by atoms with Gasteiger partial charge in [0.15, 0.2) is 0 Å². The second kappa shape index (κ2) is 5.61. The summed E-state index contributed by atoms with van der Waals surface area (Å²) in [6.07, 6.45) is 3.07. The lowest BCUT2D eigenvalue weighted by Gasteiger charge is -2.38. The number of aromatic nitrogens is 2. The van der Waals surface area contributed by atoms with Gasteiger partial charge < -0.3 is 5.32 Å². The fraction of sp³-hybridized carbons (Fsp3) is 0.214. The van der Waals surface area contributed by atoms with E-state index in [0.29, 0.717) is 10.0 Å². The van der Waals surface area contributed by atoms with Gasteiger partial charge in [-0.05, 0) is 19.1 Å². The highest BCUT2D eigenvalue weighted by molar-refractivity contribution is 9.10. The van der Waals surface area contributed by atoms with Crippen molar-refractivity contribution in [3.63, 3.8) is 0 Å². The van der Waals surface area contributed by atoms with Crippen molar-refractivity contribution in [3.8, 4) is 0 Å². The number of hydrogen-bond donors (Lipinski definition) is 2. The lowest BCUT2D eigenvalue weighted by atomic mass is 9.88. The molecular weight excluding hydrogens is 391 g/mol. The molecule has 1 aliphatic heterocycles. The van der Waals surface area contributed by atoms with Crippen molar-refractivity contribution in [2.45, 2.75) is 18.9 Å². The van der Waals surface area contributed by atoms with E-state index in [4.69, 9.17) is 11.6 Å². The highest BCUT2D eigenvalue weighted by atomic mass is 79.9. The molecule has 0 saturated carbocycles. The molecule has 6 nitrogen and oxygen atoms in total. The first kappa shape index (κ1) is 15.9. The van der Waals surface area contributed by atoms with Gasteiger partial charge >= 0.3 is 6.03 Å². The minimum Gasteiger partial charge on any atom is -0.327 e. The number of H-pyrrole nitrogens is 1. The maximum absolute atomic E-state index is 14.2. The van der Waals surface area contributed by atoms with Gasteiger partial charge in [-0.25, -0.2) is 14.1 Å². The molecule has 2 aromatic rings. The van der Waals surface area contributed by atoms with Crippen molar-refractivity contribution in [1.29, 1.82) is 0 Å². The van der Waals surface area contributed by atoms with Crippen molar-refractivity contribution < 1.29 is 14.0 Å². The van der Waals surface area contributed by atoms with E-state index in [-0.39, 0.29) is 17.1 Å². The van der Waals surface area contributed by atoms with E-state index in [2.05, 4.69) is 31.4 Å². The second-order valence-electron chi connectivity index (χ2n) is 5.37. The Morgan fingerprint density at radius 2 is 2.17 bits per heavy atom. The predicted molar refractivity (Wildman–Crippen MR) is 85.7 cm³/mol. The number of aromatic amines is 1. The number of carbonyl (C=O) groups excluding carboxylic acids is 2. The third-order valence-electron chi connectivity index (χ3n) is 3.68. The summed E-state index contributed by atoms with van der Waals surface area (Å²) in [7, 11) is 0. The number of hydrogen-bond acceptors (Lipinski definition) is 3. The van der Waals surface area contributed by atoms with Gasteiger partial charge in [-0.1, -0.05) is 27.5 Å². The van der Waals surface area contributed by atoms with Gasteiger partial charge in [-0.15, -0.1) is 0 Å². The first-order valence-corrected chi connectivity index (χ1v) is 7.78. The van der Waals surface area contributed by atoms with E-state index in [1.54, 1.807) is 13.1 Å². The Kier molecular flexibility index (Phi) is 3.89. The number of nitrogens with zero attached hydrogens (tertiary/aromatic N) is 2. The van der Waals surface area contributed by atoms with Crippen LogP contribution >= 0.6 is 27.5 Å². The summed E-state index contributed by atoms with van der Waals surface area (Å²) < 4.78 is 14.6. The number of halogens is 3. The topological polar surface area (TPSA) is 78.1 Å². The molecule has 3 rings (SSSR count). The number of rotatable bonds is 2. The predicted octanol–water partition coefficient (Wildman–Crippen LogP) is 3.33. The molecular formula is C14H11BrClFN4O2. The fourth-order valence-electron chi connectivity index (χ4n) is 2.53. The minimum absolute atomic E-state index is 0.0349. The summed E-state index contributed by atoms with van der Waals surface area (Å²) in [6, 6.07) is 1.82. The molecule has 0 bridgehead atoms. The van der Waals surface area contributed by atoms with E-state index in [1.807, 2.05) is 0 Å². The van der Waals surface area contributed by atoms with Crippen molar-refractivity contribution in [2.24, 2.45) is 0 Å². The highest BCUT2D eigenvalue weighted by Gasteiger charge is 2.43. The fourth-order valence-corrected chi connectivity index (χ4v) is 3.39. The molecule has 1 atom stereocenters. The first-order chi connectivity index (χ1) is 10.8. The van der Waals surface area contributed by atoms with Crippen LogP contribution in [0.4, 0.5) is 14.9 Å². The average Bonchev–Trinajstić information content (AvgIpc) is 2.95. The van der Waals surface area contributed by atoms with Gasteiger partial charge in [0.2, 0.25) is 5.91 Å². The maximum atomic E-state index is 14.2. The van der Waals surface area contributed by atoms with Crippen LogP contribution in [0.1, 0.15) is 18.9 Å². The Labute approximate surface area is 144 Å². The Morgan fingerprint density at radius 3 is 2.74 bits per heavy atom. The number of imide groups is 1. The summed E-state index contributed by atoms with van der Waals surface area (Å²) >= 11 is 9.12. The summed E-state index contributed by atoms with van der Waals surface area (Å²) in [5.41, 5.74) is -0.525. The molecule has 0 spiro atoms. The third kappa shape index (κ3) is 2.72. The molecule has 9 heteroatoms. The number of urea groups is 1. The number of anilines is 1. The summed E-state index contributed by atoms with van der Waals surface area (Å²) in [4.78, 5) is 25.7. The van der Waals surface area contributed by atoms with E-state index >= 15 is 0 Å². The van der Waals surface area contributed by atoms with Crippen LogP contribution in [0.3, 0.4) is 0 Å². The normalized spacial score (nSPS) is 21.5. The van der Waals surface area contributed by atoms with Crippen molar-refractivity contribution in [1.82, 2.24) is 15.5 Å². The van der Waals surface area contributed by atoms with Gasteiger partial charge in [-0.3, -0.25) is 9.89 Å². The quantitative estimate of drug-likeness (QED) is 0.810. The number of carbonyl (C=O) groups is 2. The number of nitrogens with one attached hydrogen (secondary N) is 2. The molecule has 1 aromatic carbocycles. The molecule has 23 heavy (non-hydrogen) atoms. The molecule has 1 unspecified atom stereocenters. The molecule has 0 radical (unpaired) electrons. The van der Waals surface area contributed by atoms with Crippen molar-refractivity contribution in [3.05, 3.63) is 45.4 Å². The van der Waals surface area contributed by atoms with E-state index < -0.39 is 23.3 Å². The molecule has 3 amide bonds. The van der Waals surface area contributed by atoms with Crippen LogP contribution in [0.5, 0.6) is 0 Å². The lowest BCUT2D eigenvalue weighted by molar-refractivity contribution is -0.120. The van der Waals surface area contributed by atoms with Gasteiger partial charge in [0.1, 0.15) is 11.5 Å². The summed E-state index contributed by atoms with van der Waals surface area (Å²) in [5, 5.41) is 9.13. The molecule has 0 aliphatic carbocycles. The minimum atomic E-state index is -0.921. The van der Waals surface area contributed by atoms with Crippen LogP contribution in [-0.4, -0.2) is 22.1 Å². The molecule has 2 heterocycles. The van der Waals surface area contributed by atoms with Crippen LogP contribution in [0, 0.1) is 5.82 Å². The molecule has 1 aliphatic rings. The van der Waals surface area contributed by atoms with E-state index in [0.717, 1.165) is 11.0 Å². The van der Waals surface area contributed by atoms with Crippen molar-refractivity contribution in [2.75, 3.05) is 4.90 Å². The zero-order valence-corrected chi connectivity index (χ0v) is 14.2. The van der Waals surface area contributed by atoms with E-state index in [9.17, 15) is 14.0 Å². The Hall–Kier alpha value is -1.93. The van der Waals surface area contributed by atoms with Gasteiger partial charge in [-0.2, -0.15) is 5.10 Å². The SMILES string of the molecule is CC1(c2cn[nH]c2)CC(=O)N(c2c(F)cc(Br)cc2Cl)C(=O)N1. The standard InChI is InChI=1S/C14H11BrClFN4O2/c1-14(7-5-18-19-6-7)4-11(22)21(13(23)20-14)12-9(16)2-8(15)3-10(12)17/h2-3,5-6H,4H2,1H3,(H,18,19)(H,20,23). The first-order valence-electron chi connectivity index (χ1n) is 6.61. The molecule has 1 fully saturated rings. The van der Waals surface area contributed by atoms with Crippen LogP contribution < -0.4 is 10.2 Å². The zero-order valence-electron chi connectivity index (χ0n) is 11.9. The molecule has 2 N–H and O–H groups in total. The smallest absolute Gasteiger partial charge is 0.327 e. The van der Waals surface area contributed by atoms with Crippen LogP contribution in [0.25, 0.3) is 0 Å². The lowest BCUT2D eigenvalue weighted by Crippen LogP contribution is -2.59. The third-order valence-corrected chi connectivity index (χ3v) is 4.43. The molecule has 1 aromatic heterocycles. The largest absolute Gasteiger partial charge is 0.329 e. The number of benzene rings is 1. The molecule has 1 saturated heterocycles. The van der Waals surface area contributed by atoms with Gasteiger partial charge in [0.05, 0.1) is 23.2 Å². The highest BCUT2D eigenvalue weighted by Crippen LogP contribution is 2.37. The maximum Gasteiger partial charge on any atom is 0.329 e. The zero-order chi connectivity index (χ0) is 16.8. The monoisotopic (exact) mass is 400 g/mol. The summed E-state index contributed by atoms with van der Waals surface area (Å²) in [5.74, 6) is -1.32. The Bertz CT molecular complexity index is 755. The van der Waals surface area contributed by atoms with E-state index in [1.165, 1.54) is 12.3 Å². The summed E-state index contributed by atoms with van der Waals surface area (Å²) in [6.45, 7) is 1.70. The van der Waals surface area contributed by atoms with Crippen molar-refractivity contribution >= 4 is 45.2 Å². The number of amides is 3. The van der Waals surface area contributed by atoms with Crippen LogP contribution in [0.15, 0.2) is 29.0 Å². The van der Waals surface area contributed by atoms with Crippen LogP contribution in [-0.2, 0) is 10.3 Å². The second-order valence-corrected chi connectivity index (χ2v) is 6.70. The average molecular weight is 402 g/mol. The molecule has 120 valence electrons. The Balaban J connectivity index is 1.99. The van der Waals surface area contributed by atoms with Gasteiger partial charge in [0, 0.05) is 16.2 Å². The van der Waals surface area contributed by atoms with Crippen LogP contribution in [0.2, 0.25) is 5.02 Å². The Morgan fingerprint density at radius 1 is 1.43 bits per heavy atom.